The molecule has 7 heteroatoms. The summed E-state index contributed by atoms with van der Waals surface area (Å²) in [6.45, 7) is 3.86. The number of ether oxygens (including phenoxy) is 2. The molecule has 0 aliphatic carbocycles. The van der Waals surface area contributed by atoms with Crippen LogP contribution in [-0.4, -0.2) is 42.8 Å². The maximum atomic E-state index is 12.1. The van der Waals surface area contributed by atoms with Gasteiger partial charge in [0.2, 0.25) is 0 Å². The van der Waals surface area contributed by atoms with Gasteiger partial charge in [-0.2, -0.15) is 0 Å². The SMILES string of the molecule is CCO[C@H]1CNCC[C@@H]1OC(=O)c1ccc([N+](=O)[O-])cc1. The lowest BCUT2D eigenvalue weighted by Crippen LogP contribution is -2.47. The lowest BCUT2D eigenvalue weighted by molar-refractivity contribution is -0.384. The fraction of sp³-hybridized carbons (Fsp3) is 0.500. The molecule has 0 spiro atoms. The van der Waals surface area contributed by atoms with E-state index >= 15 is 0 Å². The average molecular weight is 294 g/mol. The second kappa shape index (κ2) is 7.14. The van der Waals surface area contributed by atoms with Crippen molar-refractivity contribution >= 4 is 11.7 Å². The van der Waals surface area contributed by atoms with Crippen LogP contribution in [0.2, 0.25) is 0 Å². The number of piperidine rings is 1. The van der Waals surface area contributed by atoms with Crippen LogP contribution in [0.25, 0.3) is 0 Å². The van der Waals surface area contributed by atoms with Crippen LogP contribution in [0.5, 0.6) is 0 Å². The number of non-ortho nitro benzene ring substituents is 1. The molecule has 7 nitrogen and oxygen atoms in total. The number of benzene rings is 1. The second-order valence-electron chi connectivity index (χ2n) is 4.73. The number of carbonyl (C=O) groups is 1. The molecule has 114 valence electrons. The molecule has 0 radical (unpaired) electrons. The molecule has 1 fully saturated rings. The molecule has 1 aliphatic heterocycles. The Morgan fingerprint density at radius 1 is 1.38 bits per heavy atom. The van der Waals surface area contributed by atoms with E-state index < -0.39 is 10.9 Å². The van der Waals surface area contributed by atoms with Gasteiger partial charge >= 0.3 is 5.97 Å². The van der Waals surface area contributed by atoms with Crippen molar-refractivity contribution < 1.29 is 19.2 Å². The standard InChI is InChI=1S/C14H18N2O5/c1-2-20-13-9-15-8-7-12(13)21-14(17)10-3-5-11(6-4-10)16(18)19/h3-6,12-13,15H,2,7-9H2,1H3/t12-,13-/m0/s1. The number of nitrogens with zero attached hydrogens (tertiary/aromatic N) is 1. The van der Waals surface area contributed by atoms with Gasteiger partial charge in [-0.3, -0.25) is 10.1 Å². The summed E-state index contributed by atoms with van der Waals surface area (Å²) in [5.41, 5.74) is 0.245. The highest BCUT2D eigenvalue weighted by molar-refractivity contribution is 5.89. The first-order chi connectivity index (χ1) is 10.1. The summed E-state index contributed by atoms with van der Waals surface area (Å²) in [6.07, 6.45) is 0.225. The first kappa shape index (κ1) is 15.4. The summed E-state index contributed by atoms with van der Waals surface area (Å²) in [5, 5.41) is 13.8. The van der Waals surface area contributed by atoms with Crippen molar-refractivity contribution in [3.63, 3.8) is 0 Å². The lowest BCUT2D eigenvalue weighted by Gasteiger charge is -2.31. The summed E-state index contributed by atoms with van der Waals surface area (Å²) >= 11 is 0. The van der Waals surface area contributed by atoms with Gasteiger partial charge in [0.25, 0.3) is 5.69 Å². The molecule has 1 N–H and O–H groups in total. The zero-order valence-electron chi connectivity index (χ0n) is 11.8. The second-order valence-corrected chi connectivity index (χ2v) is 4.73. The van der Waals surface area contributed by atoms with Crippen molar-refractivity contribution in [1.82, 2.24) is 5.32 Å². The lowest BCUT2D eigenvalue weighted by atomic mass is 10.1. The monoisotopic (exact) mass is 294 g/mol. The molecule has 0 aromatic heterocycles. The fourth-order valence-electron chi connectivity index (χ4n) is 2.25. The van der Waals surface area contributed by atoms with Gasteiger partial charge < -0.3 is 14.8 Å². The third-order valence-electron chi connectivity index (χ3n) is 3.32. The van der Waals surface area contributed by atoms with Crippen LogP contribution >= 0.6 is 0 Å². The molecule has 1 heterocycles. The molecule has 1 aromatic carbocycles. The summed E-state index contributed by atoms with van der Waals surface area (Å²) in [6, 6.07) is 5.38. The Balaban J connectivity index is 2.00. The molecule has 0 bridgehead atoms. The zero-order valence-corrected chi connectivity index (χ0v) is 11.8. The van der Waals surface area contributed by atoms with Crippen LogP contribution in [0, 0.1) is 10.1 Å². The molecule has 0 saturated carbocycles. The van der Waals surface area contributed by atoms with Gasteiger partial charge in [-0.05, 0) is 32.0 Å². The molecule has 2 rings (SSSR count). The number of rotatable bonds is 5. The third kappa shape index (κ3) is 3.99. The van der Waals surface area contributed by atoms with Crippen LogP contribution in [-0.2, 0) is 9.47 Å². The Kier molecular flexibility index (Phi) is 5.24. The van der Waals surface area contributed by atoms with E-state index in [2.05, 4.69) is 5.32 Å². The Bertz CT molecular complexity index is 501. The summed E-state index contributed by atoms with van der Waals surface area (Å²) in [7, 11) is 0. The van der Waals surface area contributed by atoms with Crippen LogP contribution in [0.4, 0.5) is 5.69 Å². The summed E-state index contributed by atoms with van der Waals surface area (Å²) < 4.78 is 11.0. The first-order valence-corrected chi connectivity index (χ1v) is 6.89. The number of hydrogen-bond acceptors (Lipinski definition) is 6. The predicted molar refractivity (Wildman–Crippen MR) is 75.2 cm³/mol. The normalized spacial score (nSPS) is 21.8. The molecule has 0 amide bonds. The van der Waals surface area contributed by atoms with Gasteiger partial charge in [0, 0.05) is 25.3 Å². The minimum Gasteiger partial charge on any atom is -0.456 e. The van der Waals surface area contributed by atoms with Gasteiger partial charge in [0.05, 0.1) is 10.5 Å². The number of nitrogens with one attached hydrogen (secondary N) is 1. The maximum Gasteiger partial charge on any atom is 0.338 e. The van der Waals surface area contributed by atoms with Gasteiger partial charge in [-0.25, -0.2) is 4.79 Å². The minimum atomic E-state index is -0.507. The van der Waals surface area contributed by atoms with E-state index in [-0.39, 0.29) is 17.9 Å². The number of esters is 1. The highest BCUT2D eigenvalue weighted by atomic mass is 16.6. The average Bonchev–Trinajstić information content (AvgIpc) is 2.49. The summed E-state index contributed by atoms with van der Waals surface area (Å²) in [5.74, 6) is -0.485. The van der Waals surface area contributed by atoms with Gasteiger partial charge in [0.15, 0.2) is 0 Å². The van der Waals surface area contributed by atoms with Crippen molar-refractivity contribution in [2.75, 3.05) is 19.7 Å². The van der Waals surface area contributed by atoms with Crippen LogP contribution in [0.15, 0.2) is 24.3 Å². The number of carbonyl (C=O) groups excluding carboxylic acids is 1. The molecule has 1 aromatic rings. The molecule has 1 saturated heterocycles. The number of hydrogen-bond donors (Lipinski definition) is 1. The Morgan fingerprint density at radius 2 is 2.10 bits per heavy atom. The van der Waals surface area contributed by atoms with Gasteiger partial charge in [-0.15, -0.1) is 0 Å². The predicted octanol–water partition coefficient (Wildman–Crippen LogP) is 1.52. The molecule has 2 atom stereocenters. The van der Waals surface area contributed by atoms with Crippen molar-refractivity contribution in [1.29, 1.82) is 0 Å². The number of nitro benzene ring substituents is 1. The van der Waals surface area contributed by atoms with Crippen molar-refractivity contribution in [3.05, 3.63) is 39.9 Å². The largest absolute Gasteiger partial charge is 0.456 e. The molecular formula is C14H18N2O5. The fourth-order valence-corrected chi connectivity index (χ4v) is 2.25. The van der Waals surface area contributed by atoms with Crippen molar-refractivity contribution in [2.45, 2.75) is 25.6 Å². The molecular weight excluding hydrogens is 276 g/mol. The molecule has 21 heavy (non-hydrogen) atoms. The topological polar surface area (TPSA) is 90.7 Å². The van der Waals surface area contributed by atoms with Crippen LogP contribution < -0.4 is 5.32 Å². The van der Waals surface area contributed by atoms with Crippen LogP contribution in [0.3, 0.4) is 0 Å². The molecule has 0 unspecified atom stereocenters. The summed E-state index contributed by atoms with van der Waals surface area (Å²) in [4.78, 5) is 22.1. The van der Waals surface area contributed by atoms with Crippen molar-refractivity contribution in [3.8, 4) is 0 Å². The maximum absolute atomic E-state index is 12.1. The van der Waals surface area contributed by atoms with Gasteiger partial charge in [-0.1, -0.05) is 0 Å². The number of nitro groups is 1. The Morgan fingerprint density at radius 3 is 2.71 bits per heavy atom. The van der Waals surface area contributed by atoms with Gasteiger partial charge in [0.1, 0.15) is 12.2 Å². The Hall–Kier alpha value is -1.99. The Labute approximate surface area is 122 Å². The minimum absolute atomic E-state index is 0.0550. The third-order valence-corrected chi connectivity index (χ3v) is 3.32. The first-order valence-electron chi connectivity index (χ1n) is 6.89. The smallest absolute Gasteiger partial charge is 0.338 e. The highest BCUT2D eigenvalue weighted by Gasteiger charge is 2.29. The van der Waals surface area contributed by atoms with E-state index in [1.165, 1.54) is 24.3 Å². The van der Waals surface area contributed by atoms with E-state index in [9.17, 15) is 14.9 Å². The van der Waals surface area contributed by atoms with E-state index in [1.807, 2.05) is 6.92 Å². The van der Waals surface area contributed by atoms with Crippen LogP contribution in [0.1, 0.15) is 23.7 Å². The molecule has 1 aliphatic rings. The highest BCUT2D eigenvalue weighted by Crippen LogP contribution is 2.17. The zero-order chi connectivity index (χ0) is 15.2. The van der Waals surface area contributed by atoms with Crippen molar-refractivity contribution in [2.24, 2.45) is 0 Å². The van der Waals surface area contributed by atoms with E-state index in [0.717, 1.165) is 6.54 Å². The van der Waals surface area contributed by atoms with E-state index in [0.29, 0.717) is 25.1 Å². The quantitative estimate of drug-likeness (QED) is 0.503. The van der Waals surface area contributed by atoms with E-state index in [1.54, 1.807) is 0 Å². The van der Waals surface area contributed by atoms with E-state index in [4.69, 9.17) is 9.47 Å².